The normalized spacial score (nSPS) is 13.2. The van der Waals surface area contributed by atoms with Crippen molar-refractivity contribution in [1.82, 2.24) is 10.3 Å². The van der Waals surface area contributed by atoms with Gasteiger partial charge in [0, 0.05) is 49.3 Å². The van der Waals surface area contributed by atoms with Crippen molar-refractivity contribution in [2.24, 2.45) is 5.92 Å². The van der Waals surface area contributed by atoms with Gasteiger partial charge in [-0.3, -0.25) is 14.6 Å². The number of Topliss-reactive ketones (excluding diaryl/α,β-unsaturated/α-hetero) is 1. The standard InChI is InChI=1S/C20H20F2N2O2.C2H6/c1-12(25)24-11-16-6-5-15(18(21)19(16)22)7-13-8-17(10-23-9-13)20(26)14-3-2-4-14;1-2/h5-6,8-10,14H,2-4,7,11H2,1H3,(H,24,25);1-2H3. The molecule has 1 N–H and O–H groups in total. The molecule has 0 unspecified atom stereocenters. The Morgan fingerprint density at radius 3 is 2.36 bits per heavy atom. The zero-order chi connectivity index (χ0) is 20.7. The first-order chi connectivity index (χ1) is 13.5. The second-order valence-electron chi connectivity index (χ2n) is 6.67. The van der Waals surface area contributed by atoms with E-state index in [1.165, 1.54) is 25.3 Å². The second-order valence-corrected chi connectivity index (χ2v) is 6.67. The fraction of sp³-hybridized carbons (Fsp3) is 0.409. The molecule has 0 saturated heterocycles. The number of amides is 1. The summed E-state index contributed by atoms with van der Waals surface area (Å²) in [5.41, 5.74) is 1.45. The maximum Gasteiger partial charge on any atom is 0.217 e. The Morgan fingerprint density at radius 1 is 1.11 bits per heavy atom. The van der Waals surface area contributed by atoms with Gasteiger partial charge in [0.2, 0.25) is 5.91 Å². The van der Waals surface area contributed by atoms with Gasteiger partial charge in [-0.15, -0.1) is 0 Å². The summed E-state index contributed by atoms with van der Waals surface area (Å²) in [5, 5.41) is 2.45. The number of hydrogen-bond donors (Lipinski definition) is 1. The van der Waals surface area contributed by atoms with E-state index in [4.69, 9.17) is 0 Å². The Morgan fingerprint density at radius 2 is 1.75 bits per heavy atom. The van der Waals surface area contributed by atoms with Crippen LogP contribution < -0.4 is 5.32 Å². The highest BCUT2D eigenvalue weighted by Crippen LogP contribution is 2.30. The van der Waals surface area contributed by atoms with Gasteiger partial charge in [-0.05, 0) is 30.0 Å². The number of hydrogen-bond acceptors (Lipinski definition) is 3. The van der Waals surface area contributed by atoms with Crippen LogP contribution in [0.3, 0.4) is 0 Å². The van der Waals surface area contributed by atoms with Crippen molar-refractivity contribution >= 4 is 11.7 Å². The maximum atomic E-state index is 14.3. The molecular formula is C22H26F2N2O2. The fourth-order valence-electron chi connectivity index (χ4n) is 2.97. The van der Waals surface area contributed by atoms with Crippen LogP contribution >= 0.6 is 0 Å². The molecule has 4 nitrogen and oxygen atoms in total. The lowest BCUT2D eigenvalue weighted by Crippen LogP contribution is -2.22. The SMILES string of the molecule is CC.CC(=O)NCc1ccc(Cc2cncc(C(=O)C3CCC3)c2)c(F)c1F. The molecule has 1 aromatic heterocycles. The van der Waals surface area contributed by atoms with Crippen molar-refractivity contribution in [1.29, 1.82) is 0 Å². The van der Waals surface area contributed by atoms with E-state index in [2.05, 4.69) is 10.3 Å². The predicted octanol–water partition coefficient (Wildman–Crippen LogP) is 4.60. The second kappa shape index (κ2) is 10.1. The topological polar surface area (TPSA) is 59.1 Å². The van der Waals surface area contributed by atoms with E-state index in [0.717, 1.165) is 19.3 Å². The average molecular weight is 388 g/mol. The molecule has 1 saturated carbocycles. The van der Waals surface area contributed by atoms with Crippen LogP contribution in [0.25, 0.3) is 0 Å². The van der Waals surface area contributed by atoms with Gasteiger partial charge in [0.25, 0.3) is 0 Å². The van der Waals surface area contributed by atoms with Crippen molar-refractivity contribution < 1.29 is 18.4 Å². The van der Waals surface area contributed by atoms with Gasteiger partial charge in [-0.2, -0.15) is 0 Å². The van der Waals surface area contributed by atoms with Gasteiger partial charge in [0.05, 0.1) is 0 Å². The quantitative estimate of drug-likeness (QED) is 0.736. The van der Waals surface area contributed by atoms with Gasteiger partial charge in [-0.25, -0.2) is 8.78 Å². The van der Waals surface area contributed by atoms with Crippen LogP contribution in [0.15, 0.2) is 30.6 Å². The van der Waals surface area contributed by atoms with Crippen LogP contribution in [0, 0.1) is 17.6 Å². The van der Waals surface area contributed by atoms with Crippen molar-refractivity contribution in [3.63, 3.8) is 0 Å². The monoisotopic (exact) mass is 388 g/mol. The maximum absolute atomic E-state index is 14.3. The highest BCUT2D eigenvalue weighted by Gasteiger charge is 2.26. The average Bonchev–Trinajstić information content (AvgIpc) is 2.65. The highest BCUT2D eigenvalue weighted by atomic mass is 19.2. The Kier molecular flexibility index (Phi) is 7.79. The van der Waals surface area contributed by atoms with E-state index in [0.29, 0.717) is 11.1 Å². The molecule has 1 fully saturated rings. The molecule has 1 aromatic carbocycles. The predicted molar refractivity (Wildman–Crippen MR) is 104 cm³/mol. The Labute approximate surface area is 164 Å². The smallest absolute Gasteiger partial charge is 0.217 e. The minimum atomic E-state index is -0.967. The number of nitrogens with zero attached hydrogens (tertiary/aromatic N) is 1. The molecule has 1 heterocycles. The summed E-state index contributed by atoms with van der Waals surface area (Å²) in [6.07, 6.45) is 6.09. The summed E-state index contributed by atoms with van der Waals surface area (Å²) >= 11 is 0. The number of carbonyl (C=O) groups is 2. The molecule has 1 amide bonds. The van der Waals surface area contributed by atoms with Crippen molar-refractivity contribution in [2.45, 2.75) is 53.0 Å². The van der Waals surface area contributed by atoms with Crippen LogP contribution in [0.5, 0.6) is 0 Å². The molecule has 0 bridgehead atoms. The molecule has 2 aromatic rings. The van der Waals surface area contributed by atoms with E-state index in [1.54, 1.807) is 12.3 Å². The summed E-state index contributed by atoms with van der Waals surface area (Å²) in [6, 6.07) is 4.66. The van der Waals surface area contributed by atoms with E-state index in [9.17, 15) is 18.4 Å². The highest BCUT2D eigenvalue weighted by molar-refractivity contribution is 5.98. The van der Waals surface area contributed by atoms with Crippen molar-refractivity contribution in [3.8, 4) is 0 Å². The van der Waals surface area contributed by atoms with Gasteiger partial charge in [0.15, 0.2) is 17.4 Å². The molecule has 1 aliphatic rings. The van der Waals surface area contributed by atoms with Gasteiger partial charge in [-0.1, -0.05) is 32.4 Å². The lowest BCUT2D eigenvalue weighted by Gasteiger charge is -2.23. The third-order valence-electron chi connectivity index (χ3n) is 4.72. The zero-order valence-electron chi connectivity index (χ0n) is 16.5. The van der Waals surface area contributed by atoms with Crippen LogP contribution in [0.4, 0.5) is 8.78 Å². The summed E-state index contributed by atoms with van der Waals surface area (Å²) in [7, 11) is 0. The van der Waals surface area contributed by atoms with E-state index < -0.39 is 11.6 Å². The van der Waals surface area contributed by atoms with Crippen LogP contribution in [0.1, 0.15) is 67.1 Å². The molecule has 150 valence electrons. The first kappa shape index (κ1) is 21.7. The van der Waals surface area contributed by atoms with Crippen LogP contribution in [-0.2, 0) is 17.8 Å². The van der Waals surface area contributed by atoms with Gasteiger partial charge < -0.3 is 5.32 Å². The number of carbonyl (C=O) groups excluding carboxylic acids is 2. The van der Waals surface area contributed by atoms with E-state index >= 15 is 0 Å². The van der Waals surface area contributed by atoms with Gasteiger partial charge in [0.1, 0.15) is 0 Å². The van der Waals surface area contributed by atoms with E-state index in [-0.39, 0.29) is 41.7 Å². The molecular weight excluding hydrogens is 362 g/mol. The Hall–Kier alpha value is -2.63. The lowest BCUT2D eigenvalue weighted by molar-refractivity contribution is -0.119. The number of ketones is 1. The van der Waals surface area contributed by atoms with Crippen molar-refractivity contribution in [2.75, 3.05) is 0 Å². The van der Waals surface area contributed by atoms with Crippen LogP contribution in [0.2, 0.25) is 0 Å². The summed E-state index contributed by atoms with van der Waals surface area (Å²) in [5.74, 6) is -2.08. The molecule has 3 rings (SSSR count). The minimum Gasteiger partial charge on any atom is -0.352 e. The third kappa shape index (κ3) is 5.21. The molecule has 1 aliphatic carbocycles. The van der Waals surface area contributed by atoms with Gasteiger partial charge >= 0.3 is 0 Å². The number of aromatic nitrogens is 1. The minimum absolute atomic E-state index is 0.0642. The van der Waals surface area contributed by atoms with Crippen LogP contribution in [-0.4, -0.2) is 16.7 Å². The number of benzene rings is 1. The summed E-state index contributed by atoms with van der Waals surface area (Å²) in [4.78, 5) is 27.3. The van der Waals surface area contributed by atoms with Crippen molar-refractivity contribution in [3.05, 3.63) is 64.5 Å². The fourth-order valence-corrected chi connectivity index (χ4v) is 2.97. The number of nitrogens with one attached hydrogen (secondary N) is 1. The first-order valence-corrected chi connectivity index (χ1v) is 9.64. The number of halogens is 2. The molecule has 28 heavy (non-hydrogen) atoms. The molecule has 0 atom stereocenters. The molecule has 0 aliphatic heterocycles. The number of rotatable bonds is 6. The number of pyridine rings is 1. The first-order valence-electron chi connectivity index (χ1n) is 9.64. The zero-order valence-corrected chi connectivity index (χ0v) is 16.5. The molecule has 0 spiro atoms. The van der Waals surface area contributed by atoms with E-state index in [1.807, 2.05) is 13.8 Å². The third-order valence-corrected chi connectivity index (χ3v) is 4.72. The Balaban J connectivity index is 0.00000136. The molecule has 0 radical (unpaired) electrons. The summed E-state index contributed by atoms with van der Waals surface area (Å²) in [6.45, 7) is 5.25. The molecule has 6 heteroatoms. The summed E-state index contributed by atoms with van der Waals surface area (Å²) < 4.78 is 28.5. The lowest BCUT2D eigenvalue weighted by atomic mass is 9.80. The largest absolute Gasteiger partial charge is 0.352 e. The Bertz CT molecular complexity index is 848.